The lowest BCUT2D eigenvalue weighted by Gasteiger charge is -1.98. The lowest BCUT2D eigenvalue weighted by atomic mass is 10.2. The fraction of sp³-hybridized carbons (Fsp3) is 0.400. The molecule has 8 heteroatoms. The molecule has 98 valence electrons. The molecule has 0 amide bonds. The van der Waals surface area contributed by atoms with Gasteiger partial charge in [-0.15, -0.1) is 0 Å². The highest BCUT2D eigenvalue weighted by Gasteiger charge is 2.13. The van der Waals surface area contributed by atoms with E-state index in [9.17, 15) is 8.42 Å². The molecule has 1 N–H and O–H groups in total. The van der Waals surface area contributed by atoms with Crippen molar-refractivity contribution in [2.24, 2.45) is 0 Å². The van der Waals surface area contributed by atoms with Crippen LogP contribution in [0.4, 0.5) is 0 Å². The third-order valence-corrected chi connectivity index (χ3v) is 4.00. The van der Waals surface area contributed by atoms with Gasteiger partial charge >= 0.3 is 0 Å². The number of aliphatic hydroxyl groups is 1. The Balaban J connectivity index is 2.29. The van der Waals surface area contributed by atoms with Crippen molar-refractivity contribution in [1.29, 1.82) is 0 Å². The van der Waals surface area contributed by atoms with Gasteiger partial charge in [0.1, 0.15) is 0 Å². The van der Waals surface area contributed by atoms with Crippen LogP contribution in [0.25, 0.3) is 11.1 Å². The fourth-order valence-corrected chi connectivity index (χ4v) is 2.21. The van der Waals surface area contributed by atoms with E-state index in [0.29, 0.717) is 12.1 Å². The zero-order valence-corrected chi connectivity index (χ0v) is 10.7. The van der Waals surface area contributed by atoms with Gasteiger partial charge in [0.05, 0.1) is 37.5 Å². The maximum absolute atomic E-state index is 11.6. The Kier molecular flexibility index (Phi) is 3.48. The maximum Gasteiger partial charge on any atom is 0.253 e. The van der Waals surface area contributed by atoms with Gasteiger partial charge in [-0.3, -0.25) is 4.68 Å². The van der Waals surface area contributed by atoms with Crippen molar-refractivity contribution in [3.63, 3.8) is 0 Å². The van der Waals surface area contributed by atoms with Gasteiger partial charge in [0, 0.05) is 17.3 Å². The predicted octanol–water partition coefficient (Wildman–Crippen LogP) is -0.0633. The van der Waals surface area contributed by atoms with Crippen LogP contribution in [0.1, 0.15) is 6.92 Å². The van der Waals surface area contributed by atoms with E-state index in [1.807, 2.05) is 0 Å². The Morgan fingerprint density at radius 1 is 1.22 bits per heavy atom. The number of nitrogens with zero attached hydrogens (tertiary/aromatic N) is 4. The molecule has 0 aromatic carbocycles. The van der Waals surface area contributed by atoms with Gasteiger partial charge in [-0.2, -0.15) is 14.3 Å². The van der Waals surface area contributed by atoms with E-state index in [1.54, 1.807) is 24.0 Å². The highest BCUT2D eigenvalue weighted by atomic mass is 32.2. The van der Waals surface area contributed by atoms with Crippen molar-refractivity contribution in [2.75, 3.05) is 12.4 Å². The number of rotatable bonds is 5. The van der Waals surface area contributed by atoms with Crippen LogP contribution >= 0.6 is 0 Å². The van der Waals surface area contributed by atoms with E-state index in [4.69, 9.17) is 5.11 Å². The first-order chi connectivity index (χ1) is 8.56. The van der Waals surface area contributed by atoms with Gasteiger partial charge in [0.2, 0.25) is 0 Å². The average Bonchev–Trinajstić information content (AvgIpc) is 2.97. The monoisotopic (exact) mass is 270 g/mol. The van der Waals surface area contributed by atoms with Crippen molar-refractivity contribution < 1.29 is 13.5 Å². The fourth-order valence-electron chi connectivity index (χ4n) is 1.48. The molecule has 2 heterocycles. The molecular formula is C10H14N4O3S. The lowest BCUT2D eigenvalue weighted by molar-refractivity contribution is 0.269. The van der Waals surface area contributed by atoms with Crippen LogP contribution < -0.4 is 0 Å². The molecule has 2 aromatic rings. The van der Waals surface area contributed by atoms with Gasteiger partial charge in [0.15, 0.2) is 0 Å². The minimum atomic E-state index is -3.35. The Morgan fingerprint density at radius 3 is 2.56 bits per heavy atom. The summed E-state index contributed by atoms with van der Waals surface area (Å²) >= 11 is 0. The molecular weight excluding hydrogens is 256 g/mol. The Hall–Kier alpha value is -1.67. The molecule has 0 saturated carbocycles. The highest BCUT2D eigenvalue weighted by molar-refractivity contribution is 7.89. The first-order valence-corrected chi connectivity index (χ1v) is 7.09. The van der Waals surface area contributed by atoms with Crippen LogP contribution in [0.5, 0.6) is 0 Å². The zero-order chi connectivity index (χ0) is 13.2. The molecule has 0 aliphatic rings. The minimum Gasteiger partial charge on any atom is -0.394 e. The van der Waals surface area contributed by atoms with E-state index in [-0.39, 0.29) is 12.4 Å². The normalized spacial score (nSPS) is 11.9. The van der Waals surface area contributed by atoms with E-state index in [1.165, 1.54) is 12.4 Å². The second-order valence-corrected chi connectivity index (χ2v) is 5.83. The summed E-state index contributed by atoms with van der Waals surface area (Å²) < 4.78 is 25.7. The summed E-state index contributed by atoms with van der Waals surface area (Å²) in [5.41, 5.74) is 1.44. The number of hydrogen-bond acceptors (Lipinski definition) is 5. The van der Waals surface area contributed by atoms with Crippen LogP contribution in [0, 0.1) is 0 Å². The van der Waals surface area contributed by atoms with Crippen molar-refractivity contribution in [1.82, 2.24) is 19.0 Å². The first-order valence-electron chi connectivity index (χ1n) is 5.48. The molecule has 0 saturated heterocycles. The van der Waals surface area contributed by atoms with Crippen LogP contribution in [0.3, 0.4) is 0 Å². The van der Waals surface area contributed by atoms with E-state index in [2.05, 4.69) is 10.2 Å². The molecule has 0 aliphatic heterocycles. The largest absolute Gasteiger partial charge is 0.394 e. The van der Waals surface area contributed by atoms with Gasteiger partial charge in [0.25, 0.3) is 10.0 Å². The lowest BCUT2D eigenvalue weighted by Crippen LogP contribution is -2.14. The van der Waals surface area contributed by atoms with Crippen LogP contribution in [-0.2, 0) is 16.6 Å². The van der Waals surface area contributed by atoms with Crippen molar-refractivity contribution >= 4 is 10.0 Å². The van der Waals surface area contributed by atoms with Crippen molar-refractivity contribution in [3.05, 3.63) is 24.8 Å². The SMILES string of the molecule is CCS(=O)(=O)n1cc(-c2cnn(CCO)c2)cn1. The number of hydrogen-bond donors (Lipinski definition) is 1. The van der Waals surface area contributed by atoms with Crippen LogP contribution in [-0.4, -0.2) is 44.9 Å². The van der Waals surface area contributed by atoms with Crippen molar-refractivity contribution in [3.8, 4) is 11.1 Å². The second kappa shape index (κ2) is 4.91. The standard InChI is InChI=1S/C10H14N4O3S/c1-2-18(16,17)14-8-10(6-12-14)9-5-11-13(7-9)3-4-15/h5-8,15H,2-4H2,1H3. The molecule has 2 aromatic heterocycles. The molecule has 0 unspecified atom stereocenters. The van der Waals surface area contributed by atoms with Gasteiger partial charge in [-0.25, -0.2) is 8.42 Å². The summed E-state index contributed by atoms with van der Waals surface area (Å²) in [4.78, 5) is 0. The number of aliphatic hydroxyl groups excluding tert-OH is 1. The highest BCUT2D eigenvalue weighted by Crippen LogP contribution is 2.18. The predicted molar refractivity (Wildman–Crippen MR) is 65.4 cm³/mol. The van der Waals surface area contributed by atoms with E-state index < -0.39 is 10.0 Å². The maximum atomic E-state index is 11.6. The third kappa shape index (κ3) is 2.44. The molecule has 0 fully saturated rings. The van der Waals surface area contributed by atoms with E-state index >= 15 is 0 Å². The quantitative estimate of drug-likeness (QED) is 0.821. The molecule has 2 rings (SSSR count). The molecule has 18 heavy (non-hydrogen) atoms. The number of aromatic nitrogens is 4. The van der Waals surface area contributed by atoms with Gasteiger partial charge in [-0.05, 0) is 6.92 Å². The molecule has 0 spiro atoms. The van der Waals surface area contributed by atoms with Gasteiger partial charge < -0.3 is 5.11 Å². The summed E-state index contributed by atoms with van der Waals surface area (Å²) in [6.45, 7) is 1.97. The molecule has 0 bridgehead atoms. The van der Waals surface area contributed by atoms with Gasteiger partial charge in [-0.1, -0.05) is 0 Å². The summed E-state index contributed by atoms with van der Waals surface area (Å²) in [5, 5.41) is 16.7. The van der Waals surface area contributed by atoms with Crippen LogP contribution in [0.15, 0.2) is 24.8 Å². The first kappa shape index (κ1) is 12.8. The van der Waals surface area contributed by atoms with Crippen molar-refractivity contribution in [2.45, 2.75) is 13.5 Å². The second-order valence-electron chi connectivity index (χ2n) is 3.72. The Labute approximate surface area is 105 Å². The minimum absolute atomic E-state index is 0.00209. The smallest absolute Gasteiger partial charge is 0.253 e. The summed E-state index contributed by atoms with van der Waals surface area (Å²) in [6, 6.07) is 0. The van der Waals surface area contributed by atoms with E-state index in [0.717, 1.165) is 9.65 Å². The summed E-state index contributed by atoms with van der Waals surface area (Å²) in [6.07, 6.45) is 6.28. The topological polar surface area (TPSA) is 90.0 Å². The molecule has 0 atom stereocenters. The average molecular weight is 270 g/mol. The molecule has 0 radical (unpaired) electrons. The Morgan fingerprint density at radius 2 is 1.89 bits per heavy atom. The summed E-state index contributed by atoms with van der Waals surface area (Å²) in [7, 11) is -3.35. The zero-order valence-electron chi connectivity index (χ0n) is 9.89. The molecule has 0 aliphatic carbocycles. The molecule has 7 nitrogen and oxygen atoms in total. The van der Waals surface area contributed by atoms with Crippen LogP contribution in [0.2, 0.25) is 0 Å². The third-order valence-electron chi connectivity index (χ3n) is 2.51. The summed E-state index contributed by atoms with van der Waals surface area (Å²) in [5.74, 6) is -0.00209. The Bertz CT molecular complexity index is 629.